The summed E-state index contributed by atoms with van der Waals surface area (Å²) in [5.74, 6) is 0. The van der Waals surface area contributed by atoms with E-state index in [-0.39, 0.29) is 20.4 Å². The average molecular weight is 194 g/mol. The normalized spacial score (nSPS) is 8.83. The van der Waals surface area contributed by atoms with Gasteiger partial charge < -0.3 is 0 Å². The van der Waals surface area contributed by atoms with Gasteiger partial charge in [-0.2, -0.15) is 0 Å². The Morgan fingerprint density at radius 3 is 2.67 bits per heavy atom. The Morgan fingerprint density at radius 2 is 2.50 bits per heavy atom. The van der Waals surface area contributed by atoms with Crippen molar-refractivity contribution < 1.29 is 0 Å². The zero-order valence-electron chi connectivity index (χ0n) is 3.64. The molecule has 6 heavy (non-hydrogen) atoms. The van der Waals surface area contributed by atoms with E-state index in [4.69, 9.17) is 0 Å². The van der Waals surface area contributed by atoms with E-state index < -0.39 is 0 Å². The van der Waals surface area contributed by atoms with Crippen molar-refractivity contribution in [3.8, 4) is 0 Å². The molecule has 0 bridgehead atoms. The van der Waals surface area contributed by atoms with Crippen molar-refractivity contribution in [3.63, 3.8) is 0 Å². The molecule has 1 aromatic rings. The zero-order chi connectivity index (χ0) is 4.41. The van der Waals surface area contributed by atoms with E-state index in [1.165, 1.54) is 5.56 Å². The Balaban J connectivity index is 3.05. The van der Waals surface area contributed by atoms with Crippen molar-refractivity contribution in [1.29, 1.82) is 0 Å². The summed E-state index contributed by atoms with van der Waals surface area (Å²) in [6, 6.07) is 2.20. The summed E-state index contributed by atoms with van der Waals surface area (Å²) in [4.78, 5) is 0. The van der Waals surface area contributed by atoms with Crippen LogP contribution in [0.5, 0.6) is 0 Å². The topological polar surface area (TPSA) is 0 Å². The molecule has 0 nitrogen and oxygen atoms in total. The summed E-state index contributed by atoms with van der Waals surface area (Å²) in [6.45, 7) is 2.15. The standard InChI is InChI=1S/C5H6Te/c1-5-2-3-6-4-5/h2-4H,1H3. The molecule has 0 aromatic carbocycles. The van der Waals surface area contributed by atoms with E-state index in [2.05, 4.69) is 21.2 Å². The number of aryl methyl sites for hydroxylation is 1. The van der Waals surface area contributed by atoms with Gasteiger partial charge in [0.1, 0.15) is 0 Å². The monoisotopic (exact) mass is 196 g/mol. The SMILES string of the molecule is Cc1cc[te]c1. The molecule has 1 heterocycles. The Hall–Kier alpha value is 0.270. The van der Waals surface area contributed by atoms with E-state index in [1.807, 2.05) is 0 Å². The van der Waals surface area contributed by atoms with Gasteiger partial charge in [0.05, 0.1) is 0 Å². The third-order valence-corrected chi connectivity index (χ3v) is 2.95. The zero-order valence-corrected chi connectivity index (χ0v) is 5.97. The van der Waals surface area contributed by atoms with Crippen molar-refractivity contribution in [3.05, 3.63) is 19.8 Å². The van der Waals surface area contributed by atoms with Crippen molar-refractivity contribution in [2.45, 2.75) is 6.92 Å². The summed E-state index contributed by atoms with van der Waals surface area (Å²) in [5, 5.41) is 0. The Kier molecular flexibility index (Phi) is 1.34. The van der Waals surface area contributed by atoms with Gasteiger partial charge in [-0.25, -0.2) is 0 Å². The van der Waals surface area contributed by atoms with Gasteiger partial charge in [0.2, 0.25) is 0 Å². The second-order valence-electron chi connectivity index (χ2n) is 1.30. The second-order valence-corrected chi connectivity index (χ2v) is 3.53. The molecule has 0 aliphatic rings. The summed E-state index contributed by atoms with van der Waals surface area (Å²) >= 11 is 0.217. The molecule has 0 atom stereocenters. The molecule has 1 rings (SSSR count). The van der Waals surface area contributed by atoms with Crippen LogP contribution < -0.4 is 0 Å². The predicted molar refractivity (Wildman–Crippen MR) is 28.1 cm³/mol. The fourth-order valence-corrected chi connectivity index (χ4v) is 2.23. The molecule has 0 aliphatic carbocycles. The minimum atomic E-state index is 0.217. The van der Waals surface area contributed by atoms with Gasteiger partial charge in [-0.15, -0.1) is 0 Å². The number of hydrogen-bond donors (Lipinski definition) is 0. The molecule has 0 fully saturated rings. The Labute approximate surface area is 47.4 Å². The molecule has 0 aliphatic heterocycles. The molecule has 0 saturated carbocycles. The minimum absolute atomic E-state index is 0.217. The average Bonchev–Trinajstić information content (AvgIpc) is 1.86. The van der Waals surface area contributed by atoms with Crippen LogP contribution in [0.4, 0.5) is 0 Å². The molecule has 1 heteroatoms. The first-order chi connectivity index (χ1) is 2.89. The van der Waals surface area contributed by atoms with E-state index >= 15 is 0 Å². The molecular weight excluding hydrogens is 188 g/mol. The molecule has 0 unspecified atom stereocenters. The van der Waals surface area contributed by atoms with Crippen LogP contribution in [-0.4, -0.2) is 20.4 Å². The molecule has 32 valence electrons. The molecular formula is C5H6Te. The molecule has 0 amide bonds. The van der Waals surface area contributed by atoms with Gasteiger partial charge in [0.15, 0.2) is 0 Å². The van der Waals surface area contributed by atoms with E-state index in [1.54, 1.807) is 0 Å². The maximum atomic E-state index is 2.34. The molecule has 0 N–H and O–H groups in total. The summed E-state index contributed by atoms with van der Waals surface area (Å²) in [6.07, 6.45) is 0. The van der Waals surface area contributed by atoms with Crippen molar-refractivity contribution in [1.82, 2.24) is 0 Å². The van der Waals surface area contributed by atoms with Crippen molar-refractivity contribution in [2.75, 3.05) is 0 Å². The second kappa shape index (κ2) is 1.82. The summed E-state index contributed by atoms with van der Waals surface area (Å²) in [5.41, 5.74) is 1.46. The first-order valence-corrected chi connectivity index (χ1v) is 4.57. The third-order valence-electron chi connectivity index (χ3n) is 0.663. The van der Waals surface area contributed by atoms with Crippen LogP contribution in [0.2, 0.25) is 0 Å². The molecule has 0 saturated heterocycles. The maximum absolute atomic E-state index is 2.34. The van der Waals surface area contributed by atoms with Crippen LogP contribution in [-0.2, 0) is 0 Å². The first-order valence-electron chi connectivity index (χ1n) is 1.88. The van der Waals surface area contributed by atoms with Crippen LogP contribution in [0, 0.1) is 6.92 Å². The Morgan fingerprint density at radius 1 is 1.67 bits per heavy atom. The van der Waals surface area contributed by atoms with Gasteiger partial charge >= 0.3 is 47.1 Å². The fraction of sp³-hybridized carbons (Fsp3) is 0.200. The van der Waals surface area contributed by atoms with Crippen molar-refractivity contribution >= 4 is 20.4 Å². The molecule has 0 spiro atoms. The van der Waals surface area contributed by atoms with Crippen LogP contribution in [0.15, 0.2) is 14.2 Å². The third kappa shape index (κ3) is 0.864. The predicted octanol–water partition coefficient (Wildman–Crippen LogP) is 1.05. The van der Waals surface area contributed by atoms with Crippen LogP contribution >= 0.6 is 0 Å². The summed E-state index contributed by atoms with van der Waals surface area (Å²) < 4.78 is 4.63. The number of hydrogen-bond acceptors (Lipinski definition) is 0. The molecule has 1 aromatic heterocycles. The van der Waals surface area contributed by atoms with E-state index in [0.29, 0.717) is 0 Å². The van der Waals surface area contributed by atoms with Crippen molar-refractivity contribution in [2.24, 2.45) is 0 Å². The first kappa shape index (κ1) is 4.43. The van der Waals surface area contributed by atoms with Gasteiger partial charge in [-0.3, -0.25) is 0 Å². The fourth-order valence-electron chi connectivity index (χ4n) is 0.333. The van der Waals surface area contributed by atoms with Gasteiger partial charge in [0, 0.05) is 0 Å². The van der Waals surface area contributed by atoms with E-state index in [9.17, 15) is 0 Å². The van der Waals surface area contributed by atoms with Crippen LogP contribution in [0.3, 0.4) is 0 Å². The van der Waals surface area contributed by atoms with Gasteiger partial charge in [-0.05, 0) is 0 Å². The van der Waals surface area contributed by atoms with Crippen LogP contribution in [0.25, 0.3) is 0 Å². The quantitative estimate of drug-likeness (QED) is 0.541. The van der Waals surface area contributed by atoms with E-state index in [0.717, 1.165) is 0 Å². The van der Waals surface area contributed by atoms with Gasteiger partial charge in [0.25, 0.3) is 0 Å². The van der Waals surface area contributed by atoms with Gasteiger partial charge in [-0.1, -0.05) is 0 Å². The summed E-state index contributed by atoms with van der Waals surface area (Å²) in [7, 11) is 0. The Bertz CT molecular complexity index is 107. The van der Waals surface area contributed by atoms with Crippen LogP contribution in [0.1, 0.15) is 5.56 Å². The molecule has 0 radical (unpaired) electrons. The number of rotatable bonds is 0.